The van der Waals surface area contributed by atoms with Gasteiger partial charge in [-0.1, -0.05) is 0 Å². The molecule has 2 rings (SSSR count). The summed E-state index contributed by atoms with van der Waals surface area (Å²) in [4.78, 5) is 0. The number of methoxy groups -OCH3 is 2. The monoisotopic (exact) mass is 249 g/mol. The van der Waals surface area contributed by atoms with Crippen LogP contribution in [0.25, 0.3) is 11.1 Å². The Labute approximate surface area is 105 Å². The molecule has 1 heterocycles. The lowest BCUT2D eigenvalue weighted by Gasteiger charge is -2.12. The largest absolute Gasteiger partial charge is 0.496 e. The van der Waals surface area contributed by atoms with Gasteiger partial charge in [-0.05, 0) is 36.2 Å². The molecule has 0 atom stereocenters. The zero-order valence-electron chi connectivity index (χ0n) is 10.1. The van der Waals surface area contributed by atoms with Crippen molar-refractivity contribution < 1.29 is 9.47 Å². The maximum atomic E-state index is 5.75. The first-order chi connectivity index (χ1) is 8.15. The lowest BCUT2D eigenvalue weighted by Crippen LogP contribution is -1.92. The van der Waals surface area contributed by atoms with Gasteiger partial charge < -0.3 is 15.2 Å². The molecule has 0 radical (unpaired) electrons. The van der Waals surface area contributed by atoms with Crippen LogP contribution in [0.1, 0.15) is 5.56 Å². The summed E-state index contributed by atoms with van der Waals surface area (Å²) in [7, 11) is 3.33. The zero-order chi connectivity index (χ0) is 12.4. The van der Waals surface area contributed by atoms with Gasteiger partial charge in [0.05, 0.1) is 19.2 Å². The number of hydrogen-bond donors (Lipinski definition) is 1. The highest BCUT2D eigenvalue weighted by atomic mass is 32.1. The minimum atomic E-state index is 0.793. The van der Waals surface area contributed by atoms with Crippen molar-refractivity contribution in [2.45, 2.75) is 6.92 Å². The molecule has 90 valence electrons. The maximum Gasteiger partial charge on any atom is 0.127 e. The predicted octanol–water partition coefficient (Wildman–Crippen LogP) is 3.32. The third-order valence-corrected chi connectivity index (χ3v) is 3.41. The van der Waals surface area contributed by atoms with Crippen molar-refractivity contribution in [2.75, 3.05) is 20.0 Å². The Morgan fingerprint density at radius 3 is 2.29 bits per heavy atom. The second-order valence-electron chi connectivity index (χ2n) is 3.76. The highest BCUT2D eigenvalue weighted by molar-refractivity contribution is 7.14. The summed E-state index contributed by atoms with van der Waals surface area (Å²) in [5.74, 6) is 1.69. The van der Waals surface area contributed by atoms with Crippen molar-refractivity contribution in [3.05, 3.63) is 29.1 Å². The Bertz CT molecular complexity index is 534. The number of hydrogen-bond acceptors (Lipinski definition) is 4. The standard InChI is InChI=1S/C13H15NO2S/c1-8-4-12(16-3)10(6-11(8)15-2)9-5-13(14)17-7-9/h4-7H,14H2,1-3H3. The van der Waals surface area contributed by atoms with E-state index in [-0.39, 0.29) is 0 Å². The molecule has 0 saturated heterocycles. The van der Waals surface area contributed by atoms with Gasteiger partial charge in [0.1, 0.15) is 11.5 Å². The van der Waals surface area contributed by atoms with Gasteiger partial charge in [0.2, 0.25) is 0 Å². The van der Waals surface area contributed by atoms with Crippen LogP contribution in [0.2, 0.25) is 0 Å². The van der Waals surface area contributed by atoms with Crippen LogP contribution in [0, 0.1) is 6.92 Å². The summed E-state index contributed by atoms with van der Waals surface area (Å²) in [5.41, 5.74) is 8.87. The Hall–Kier alpha value is -1.68. The van der Waals surface area contributed by atoms with Crippen molar-refractivity contribution in [1.82, 2.24) is 0 Å². The van der Waals surface area contributed by atoms with Gasteiger partial charge in [-0.3, -0.25) is 0 Å². The lowest BCUT2D eigenvalue weighted by atomic mass is 10.0. The molecule has 0 spiro atoms. The highest BCUT2D eigenvalue weighted by Crippen LogP contribution is 2.38. The number of thiophene rings is 1. The molecular formula is C13H15NO2S. The first kappa shape index (κ1) is 11.8. The van der Waals surface area contributed by atoms with Crippen molar-refractivity contribution in [1.29, 1.82) is 0 Å². The van der Waals surface area contributed by atoms with Gasteiger partial charge in [0.25, 0.3) is 0 Å². The van der Waals surface area contributed by atoms with E-state index in [0.29, 0.717) is 0 Å². The van der Waals surface area contributed by atoms with Crippen molar-refractivity contribution in [3.8, 4) is 22.6 Å². The summed E-state index contributed by atoms with van der Waals surface area (Å²) in [5, 5.41) is 2.81. The molecule has 1 aromatic carbocycles. The van der Waals surface area contributed by atoms with Crippen LogP contribution < -0.4 is 15.2 Å². The van der Waals surface area contributed by atoms with Crippen LogP contribution in [-0.4, -0.2) is 14.2 Å². The van der Waals surface area contributed by atoms with Crippen LogP contribution in [0.5, 0.6) is 11.5 Å². The van der Waals surface area contributed by atoms with E-state index in [1.807, 2.05) is 30.5 Å². The number of benzene rings is 1. The molecular weight excluding hydrogens is 234 g/mol. The smallest absolute Gasteiger partial charge is 0.127 e. The van der Waals surface area contributed by atoms with E-state index >= 15 is 0 Å². The van der Waals surface area contributed by atoms with Crippen LogP contribution >= 0.6 is 11.3 Å². The summed E-state index contributed by atoms with van der Waals surface area (Å²) in [6.45, 7) is 1.99. The molecule has 0 fully saturated rings. The molecule has 2 N–H and O–H groups in total. The van der Waals surface area contributed by atoms with Gasteiger partial charge in [-0.2, -0.15) is 0 Å². The second-order valence-corrected chi connectivity index (χ2v) is 4.70. The van der Waals surface area contributed by atoms with Crippen LogP contribution in [0.3, 0.4) is 0 Å². The SMILES string of the molecule is COc1cc(-c2csc(N)c2)c(OC)cc1C. The molecule has 0 aliphatic heterocycles. The normalized spacial score (nSPS) is 10.3. The first-order valence-corrected chi connectivity index (χ1v) is 6.10. The van der Waals surface area contributed by atoms with Crippen molar-refractivity contribution in [2.24, 2.45) is 0 Å². The summed E-state index contributed by atoms with van der Waals surface area (Å²) in [6.07, 6.45) is 0. The third-order valence-electron chi connectivity index (χ3n) is 2.65. The molecule has 2 aromatic rings. The Kier molecular flexibility index (Phi) is 3.24. The van der Waals surface area contributed by atoms with E-state index < -0.39 is 0 Å². The second kappa shape index (κ2) is 4.67. The minimum Gasteiger partial charge on any atom is -0.496 e. The zero-order valence-corrected chi connectivity index (χ0v) is 10.9. The highest BCUT2D eigenvalue weighted by Gasteiger charge is 2.11. The Morgan fingerprint density at radius 2 is 1.76 bits per heavy atom. The fourth-order valence-electron chi connectivity index (χ4n) is 1.77. The van der Waals surface area contributed by atoms with Crippen LogP contribution in [0.15, 0.2) is 23.6 Å². The average Bonchev–Trinajstić information content (AvgIpc) is 2.75. The van der Waals surface area contributed by atoms with Gasteiger partial charge in [-0.15, -0.1) is 11.3 Å². The number of rotatable bonds is 3. The van der Waals surface area contributed by atoms with Crippen molar-refractivity contribution in [3.63, 3.8) is 0 Å². The predicted molar refractivity (Wildman–Crippen MR) is 72.0 cm³/mol. The quantitative estimate of drug-likeness (QED) is 0.907. The molecule has 3 nitrogen and oxygen atoms in total. The molecule has 4 heteroatoms. The molecule has 1 aromatic heterocycles. The van der Waals surface area contributed by atoms with E-state index in [1.165, 1.54) is 11.3 Å². The van der Waals surface area contributed by atoms with E-state index in [1.54, 1.807) is 14.2 Å². The van der Waals surface area contributed by atoms with Crippen molar-refractivity contribution >= 4 is 16.3 Å². The molecule has 0 bridgehead atoms. The lowest BCUT2D eigenvalue weighted by molar-refractivity contribution is 0.402. The minimum absolute atomic E-state index is 0.793. The van der Waals surface area contributed by atoms with E-state index in [4.69, 9.17) is 15.2 Å². The maximum absolute atomic E-state index is 5.75. The van der Waals surface area contributed by atoms with E-state index in [2.05, 4.69) is 0 Å². The average molecular weight is 249 g/mol. The molecule has 0 aliphatic rings. The van der Waals surface area contributed by atoms with Crippen LogP contribution in [0.4, 0.5) is 5.00 Å². The number of ether oxygens (including phenoxy) is 2. The van der Waals surface area contributed by atoms with Crippen LogP contribution in [-0.2, 0) is 0 Å². The molecule has 0 unspecified atom stereocenters. The number of nitrogens with two attached hydrogens (primary N) is 1. The topological polar surface area (TPSA) is 44.5 Å². The first-order valence-electron chi connectivity index (χ1n) is 5.22. The van der Waals surface area contributed by atoms with Gasteiger partial charge >= 0.3 is 0 Å². The Balaban J connectivity index is 2.58. The molecule has 0 amide bonds. The summed E-state index contributed by atoms with van der Waals surface area (Å²) < 4.78 is 10.7. The van der Waals surface area contributed by atoms with Gasteiger partial charge in [0, 0.05) is 10.9 Å². The molecule has 17 heavy (non-hydrogen) atoms. The number of anilines is 1. The summed E-state index contributed by atoms with van der Waals surface area (Å²) >= 11 is 1.52. The number of nitrogen functional groups attached to an aromatic ring is 1. The molecule has 0 saturated carbocycles. The van der Waals surface area contributed by atoms with Gasteiger partial charge in [0.15, 0.2) is 0 Å². The van der Waals surface area contributed by atoms with E-state index in [9.17, 15) is 0 Å². The summed E-state index contributed by atoms with van der Waals surface area (Å²) in [6, 6.07) is 5.90. The Morgan fingerprint density at radius 1 is 1.06 bits per heavy atom. The fourth-order valence-corrected chi connectivity index (χ4v) is 2.42. The van der Waals surface area contributed by atoms with Gasteiger partial charge in [-0.25, -0.2) is 0 Å². The number of aryl methyl sites for hydroxylation is 1. The fraction of sp³-hybridized carbons (Fsp3) is 0.231. The molecule has 0 aliphatic carbocycles. The third kappa shape index (κ3) is 2.22. The van der Waals surface area contributed by atoms with E-state index in [0.717, 1.165) is 33.2 Å².